The highest BCUT2D eigenvalue weighted by molar-refractivity contribution is 6.74. The molecule has 0 N–H and O–H groups in total. The third kappa shape index (κ3) is 9.57. The predicted molar refractivity (Wildman–Crippen MR) is 194 cm³/mol. The first-order valence-corrected chi connectivity index (χ1v) is 19.9. The summed E-state index contributed by atoms with van der Waals surface area (Å²) in [5.41, 5.74) is 3.04. The van der Waals surface area contributed by atoms with Gasteiger partial charge in [0.25, 0.3) is 5.91 Å². The number of hydrogen-bond donors (Lipinski definition) is 0. The van der Waals surface area contributed by atoms with Crippen molar-refractivity contribution in [3.8, 4) is 0 Å². The van der Waals surface area contributed by atoms with Crippen molar-refractivity contribution in [3.63, 3.8) is 0 Å². The summed E-state index contributed by atoms with van der Waals surface area (Å²) in [4.78, 5) is 46.9. The van der Waals surface area contributed by atoms with E-state index in [0.717, 1.165) is 29.5 Å². The van der Waals surface area contributed by atoms with Gasteiger partial charge >= 0.3 is 12.1 Å². The zero-order chi connectivity index (χ0) is 36.1. The van der Waals surface area contributed by atoms with Crippen molar-refractivity contribution in [2.75, 3.05) is 14.2 Å². The van der Waals surface area contributed by atoms with Crippen LogP contribution in [0, 0.1) is 0 Å². The fraction of sp³-hybridized carbons (Fsp3) is 0.487. The molecule has 2 aromatic carbocycles. The normalized spacial score (nSPS) is 17.4. The Labute approximate surface area is 293 Å². The highest BCUT2D eigenvalue weighted by atomic mass is 28.4. The summed E-state index contributed by atoms with van der Waals surface area (Å²) < 4.78 is 17.9. The van der Waals surface area contributed by atoms with E-state index in [1.807, 2.05) is 68.1 Å². The molecule has 3 atom stereocenters. The summed E-state index contributed by atoms with van der Waals surface area (Å²) in [5, 5.41) is -0.00792. The van der Waals surface area contributed by atoms with E-state index in [0.29, 0.717) is 17.5 Å². The number of rotatable bonds is 10. The number of pyridine rings is 1. The number of hydrogen-bond acceptors (Lipinski definition) is 7. The lowest BCUT2D eigenvalue weighted by molar-refractivity contribution is -0.00240. The molecule has 0 radical (unpaired) electrons. The van der Waals surface area contributed by atoms with Crippen molar-refractivity contribution in [1.82, 2.24) is 14.8 Å². The van der Waals surface area contributed by atoms with Crippen molar-refractivity contribution >= 4 is 26.3 Å². The smallest absolute Gasteiger partial charge is 0.410 e. The quantitative estimate of drug-likeness (QED) is 0.157. The molecule has 3 unspecified atom stereocenters. The molecule has 1 fully saturated rings. The van der Waals surface area contributed by atoms with Crippen molar-refractivity contribution in [1.29, 1.82) is 0 Å². The fourth-order valence-corrected chi connectivity index (χ4v) is 7.22. The van der Waals surface area contributed by atoms with Crippen molar-refractivity contribution in [3.05, 3.63) is 101 Å². The Morgan fingerprint density at radius 3 is 2.16 bits per heavy atom. The lowest BCUT2D eigenvalue weighted by Gasteiger charge is -2.43. The molecule has 49 heavy (non-hydrogen) atoms. The van der Waals surface area contributed by atoms with E-state index >= 15 is 0 Å². The second kappa shape index (κ2) is 15.3. The van der Waals surface area contributed by atoms with Gasteiger partial charge in [-0.05, 0) is 93.1 Å². The van der Waals surface area contributed by atoms with Crippen LogP contribution in [-0.2, 0) is 26.9 Å². The van der Waals surface area contributed by atoms with Gasteiger partial charge in [0, 0.05) is 37.6 Å². The van der Waals surface area contributed by atoms with Crippen LogP contribution >= 0.6 is 0 Å². The number of amides is 2. The van der Waals surface area contributed by atoms with E-state index in [2.05, 4.69) is 51.0 Å². The third-order valence-electron chi connectivity index (χ3n) is 9.51. The molecule has 264 valence electrons. The number of likely N-dealkylation sites (tertiary alicyclic amines) is 1. The molecule has 0 aliphatic carbocycles. The molecule has 3 aromatic rings. The molecule has 2 heterocycles. The van der Waals surface area contributed by atoms with Crippen LogP contribution in [0.2, 0.25) is 18.1 Å². The first-order valence-electron chi connectivity index (χ1n) is 17.0. The summed E-state index contributed by atoms with van der Waals surface area (Å²) in [6.45, 7) is 17.2. The van der Waals surface area contributed by atoms with Gasteiger partial charge in [0.1, 0.15) is 5.60 Å². The van der Waals surface area contributed by atoms with E-state index < -0.39 is 19.9 Å². The van der Waals surface area contributed by atoms with E-state index in [1.165, 1.54) is 13.3 Å². The minimum Gasteiger partial charge on any atom is -0.465 e. The van der Waals surface area contributed by atoms with Crippen LogP contribution in [0.4, 0.5) is 4.79 Å². The molecule has 1 aliphatic rings. The third-order valence-corrected chi connectivity index (χ3v) is 14.0. The number of esters is 1. The van der Waals surface area contributed by atoms with E-state index in [-0.39, 0.29) is 41.8 Å². The largest absolute Gasteiger partial charge is 0.465 e. The topological polar surface area (TPSA) is 98.3 Å². The minimum atomic E-state index is -2.23. The number of methoxy groups -OCH3 is 1. The molecule has 0 bridgehead atoms. The number of benzene rings is 2. The average molecular weight is 688 g/mol. The van der Waals surface area contributed by atoms with Gasteiger partial charge in [-0.1, -0.05) is 63.2 Å². The van der Waals surface area contributed by atoms with Gasteiger partial charge in [0.2, 0.25) is 0 Å². The second-order valence-corrected chi connectivity index (χ2v) is 20.3. The van der Waals surface area contributed by atoms with Crippen LogP contribution in [0.15, 0.2) is 73.1 Å². The monoisotopic (exact) mass is 687 g/mol. The number of aromatic nitrogens is 1. The summed E-state index contributed by atoms with van der Waals surface area (Å²) >= 11 is 0. The number of nitrogens with zero attached hydrogens (tertiary/aromatic N) is 3. The van der Waals surface area contributed by atoms with Crippen molar-refractivity contribution in [2.24, 2.45) is 0 Å². The maximum Gasteiger partial charge on any atom is 0.410 e. The van der Waals surface area contributed by atoms with Crippen LogP contribution in [-0.4, -0.2) is 72.9 Å². The number of carbonyl (C=O) groups excluding carboxylic acids is 3. The molecule has 1 aromatic heterocycles. The minimum absolute atomic E-state index is 0.00792. The summed E-state index contributed by atoms with van der Waals surface area (Å²) in [6.07, 6.45) is 4.65. The van der Waals surface area contributed by atoms with E-state index in [9.17, 15) is 14.4 Å². The highest BCUT2D eigenvalue weighted by Crippen LogP contribution is 2.44. The highest BCUT2D eigenvalue weighted by Gasteiger charge is 2.47. The predicted octanol–water partition coefficient (Wildman–Crippen LogP) is 8.21. The van der Waals surface area contributed by atoms with E-state index in [1.54, 1.807) is 24.2 Å². The van der Waals surface area contributed by atoms with Crippen LogP contribution in [0.1, 0.15) is 97.9 Å². The Morgan fingerprint density at radius 1 is 0.918 bits per heavy atom. The molecule has 9 nitrogen and oxygen atoms in total. The Kier molecular flexibility index (Phi) is 11.8. The first-order chi connectivity index (χ1) is 22.9. The molecule has 4 rings (SSSR count). The second-order valence-electron chi connectivity index (χ2n) is 15.5. The summed E-state index contributed by atoms with van der Waals surface area (Å²) in [6, 6.07) is 19.2. The lowest BCUT2D eigenvalue weighted by atomic mass is 10.0. The van der Waals surface area contributed by atoms with Gasteiger partial charge in [-0.2, -0.15) is 0 Å². The Hall–Kier alpha value is -4.02. The van der Waals surface area contributed by atoms with Gasteiger partial charge in [-0.25, -0.2) is 9.59 Å². The molecule has 0 spiro atoms. The van der Waals surface area contributed by atoms with Crippen LogP contribution in [0.5, 0.6) is 0 Å². The molecule has 1 aliphatic heterocycles. The molecular weight excluding hydrogens is 635 g/mol. The zero-order valence-electron chi connectivity index (χ0n) is 30.8. The molecule has 10 heteroatoms. The summed E-state index contributed by atoms with van der Waals surface area (Å²) in [7, 11) is 0.810. The first kappa shape index (κ1) is 37.8. The van der Waals surface area contributed by atoms with Gasteiger partial charge in [0.05, 0.1) is 24.8 Å². The lowest BCUT2D eigenvalue weighted by Crippen LogP contribution is -2.50. The molecule has 1 saturated heterocycles. The number of carbonyl (C=O) groups is 3. The van der Waals surface area contributed by atoms with Crippen molar-refractivity contribution in [2.45, 2.75) is 109 Å². The Morgan fingerprint density at radius 2 is 1.57 bits per heavy atom. The summed E-state index contributed by atoms with van der Waals surface area (Å²) in [5.74, 6) is -0.628. The van der Waals surface area contributed by atoms with Crippen LogP contribution < -0.4 is 0 Å². The van der Waals surface area contributed by atoms with Gasteiger partial charge in [-0.15, -0.1) is 0 Å². The van der Waals surface area contributed by atoms with Gasteiger partial charge in [0.15, 0.2) is 8.32 Å². The fourth-order valence-electron chi connectivity index (χ4n) is 5.94. The molecule has 0 saturated carbocycles. The molecular formula is C39H53N3O6Si. The zero-order valence-corrected chi connectivity index (χ0v) is 31.8. The average Bonchev–Trinajstić information content (AvgIpc) is 3.45. The number of ether oxygens (including phenoxy) is 2. The van der Waals surface area contributed by atoms with Crippen LogP contribution in [0.25, 0.3) is 0 Å². The maximum atomic E-state index is 14.0. The van der Waals surface area contributed by atoms with Crippen LogP contribution in [0.3, 0.4) is 0 Å². The van der Waals surface area contributed by atoms with E-state index in [4.69, 9.17) is 13.9 Å². The SMILES string of the molecule is COC(=O)c1cncc(CN(C)C(=O)c2ccc(CC3CCC(C(O[Si](C)(C)C(C)(C)C)c4ccccc4)N3C(=O)OC(C)(C)C)cc2)c1. The molecule has 2 amide bonds. The Bertz CT molecular complexity index is 1600. The standard InChI is InChI=1S/C39H53N3O6Si/c1-38(2,3)47-37(45)42-32(20-21-33(42)34(29-14-12-11-13-15-29)48-49(9,10)39(4,5)6)23-27-16-18-30(19-17-27)35(43)41(7)26-28-22-31(25-40-24-28)36(44)46-8/h11-19,22,24-25,32-34H,20-21,23,26H2,1-10H3. The van der Waals surface area contributed by atoms with Gasteiger partial charge in [-0.3, -0.25) is 14.7 Å². The van der Waals surface area contributed by atoms with Crippen molar-refractivity contribution < 1.29 is 28.3 Å². The Balaban J connectivity index is 1.56. The maximum absolute atomic E-state index is 14.0. The van der Waals surface area contributed by atoms with Gasteiger partial charge < -0.3 is 18.8 Å².